The highest BCUT2D eigenvalue weighted by Crippen LogP contribution is 2.27. The van der Waals surface area contributed by atoms with Gasteiger partial charge in [-0.05, 0) is 25.0 Å². The summed E-state index contributed by atoms with van der Waals surface area (Å²) in [5.41, 5.74) is 2.35. The van der Waals surface area contributed by atoms with Gasteiger partial charge in [0.15, 0.2) is 5.69 Å². The summed E-state index contributed by atoms with van der Waals surface area (Å²) in [5.74, 6) is 1.77. The summed E-state index contributed by atoms with van der Waals surface area (Å²) in [6, 6.07) is 15.8. The number of rotatable bonds is 11. The largest absolute Gasteiger partial charge is 0.497 e. The van der Waals surface area contributed by atoms with Crippen molar-refractivity contribution in [3.05, 3.63) is 77.5 Å². The van der Waals surface area contributed by atoms with Crippen LogP contribution in [0.1, 0.15) is 47.8 Å². The molecule has 0 saturated carbocycles. The normalized spacial score (nSPS) is 11.9. The van der Waals surface area contributed by atoms with Crippen LogP contribution in [0.5, 0.6) is 11.5 Å². The van der Waals surface area contributed by atoms with E-state index in [1.165, 1.54) is 6.26 Å². The molecule has 170 valence electrons. The van der Waals surface area contributed by atoms with E-state index in [1.54, 1.807) is 14.2 Å². The third-order valence-electron chi connectivity index (χ3n) is 5.50. The molecule has 32 heavy (non-hydrogen) atoms. The van der Waals surface area contributed by atoms with E-state index >= 15 is 0 Å². The molecular formula is C25H31N3O4. The van der Waals surface area contributed by atoms with Crippen LogP contribution >= 0.6 is 0 Å². The van der Waals surface area contributed by atoms with Gasteiger partial charge in [-0.15, -0.1) is 0 Å². The Morgan fingerprint density at radius 2 is 1.91 bits per heavy atom. The van der Waals surface area contributed by atoms with Crippen LogP contribution in [0, 0.1) is 0 Å². The number of benzene rings is 2. The quantitative estimate of drug-likeness (QED) is 0.478. The van der Waals surface area contributed by atoms with Crippen molar-refractivity contribution in [3.63, 3.8) is 0 Å². The fraction of sp³-hybridized carbons (Fsp3) is 0.360. The molecule has 2 aromatic carbocycles. The van der Waals surface area contributed by atoms with Gasteiger partial charge in [0.2, 0.25) is 5.89 Å². The van der Waals surface area contributed by atoms with Gasteiger partial charge in [-0.25, -0.2) is 4.98 Å². The smallest absolute Gasteiger partial charge is 0.273 e. The van der Waals surface area contributed by atoms with Gasteiger partial charge in [-0.2, -0.15) is 0 Å². The topological polar surface area (TPSA) is 76.8 Å². The van der Waals surface area contributed by atoms with E-state index in [9.17, 15) is 4.79 Å². The van der Waals surface area contributed by atoms with Gasteiger partial charge in [0.25, 0.3) is 5.91 Å². The standard InChI is InChI=1S/C25H31N3O4/c1-5-18(2)28(15-20-11-12-21(30-3)13-23(20)31-4)16-24-27-22(17-32-24)25(29)26-14-19-9-7-6-8-10-19/h6-13,17-18H,5,14-16H2,1-4H3,(H,26,29)/t18-/m1/s1. The summed E-state index contributed by atoms with van der Waals surface area (Å²) >= 11 is 0. The molecule has 1 N–H and O–H groups in total. The lowest BCUT2D eigenvalue weighted by Gasteiger charge is -2.27. The van der Waals surface area contributed by atoms with Crippen LogP contribution in [0.4, 0.5) is 0 Å². The molecule has 0 unspecified atom stereocenters. The molecule has 1 heterocycles. The zero-order valence-electron chi connectivity index (χ0n) is 19.1. The highest BCUT2D eigenvalue weighted by atomic mass is 16.5. The second-order valence-corrected chi connectivity index (χ2v) is 7.63. The molecule has 0 aliphatic rings. The minimum absolute atomic E-state index is 0.254. The molecular weight excluding hydrogens is 406 g/mol. The summed E-state index contributed by atoms with van der Waals surface area (Å²) < 4.78 is 16.5. The average molecular weight is 438 g/mol. The first-order valence-electron chi connectivity index (χ1n) is 10.8. The number of aromatic nitrogens is 1. The van der Waals surface area contributed by atoms with E-state index in [0.29, 0.717) is 25.5 Å². The van der Waals surface area contributed by atoms with Gasteiger partial charge in [0.05, 0.1) is 20.8 Å². The highest BCUT2D eigenvalue weighted by Gasteiger charge is 2.20. The molecule has 7 nitrogen and oxygen atoms in total. The predicted molar refractivity (Wildman–Crippen MR) is 123 cm³/mol. The van der Waals surface area contributed by atoms with Gasteiger partial charge >= 0.3 is 0 Å². The van der Waals surface area contributed by atoms with E-state index in [2.05, 4.69) is 29.0 Å². The zero-order valence-corrected chi connectivity index (χ0v) is 19.1. The summed E-state index contributed by atoms with van der Waals surface area (Å²) in [5, 5.41) is 2.88. The van der Waals surface area contributed by atoms with Crippen LogP contribution in [-0.2, 0) is 19.6 Å². The third kappa shape index (κ3) is 6.11. The molecule has 0 radical (unpaired) electrons. The monoisotopic (exact) mass is 437 g/mol. The first-order valence-corrected chi connectivity index (χ1v) is 10.8. The second kappa shape index (κ2) is 11.3. The summed E-state index contributed by atoms with van der Waals surface area (Å²) in [6.45, 7) is 5.88. The Labute approximate surface area is 189 Å². The van der Waals surface area contributed by atoms with E-state index in [-0.39, 0.29) is 17.6 Å². The van der Waals surface area contributed by atoms with Crippen LogP contribution < -0.4 is 14.8 Å². The molecule has 0 spiro atoms. The number of carbonyl (C=O) groups is 1. The zero-order chi connectivity index (χ0) is 22.9. The number of amides is 1. The van der Waals surface area contributed by atoms with E-state index < -0.39 is 0 Å². The Hall–Kier alpha value is -3.32. The second-order valence-electron chi connectivity index (χ2n) is 7.63. The molecule has 1 aromatic heterocycles. The minimum atomic E-state index is -0.254. The first-order chi connectivity index (χ1) is 15.5. The lowest BCUT2D eigenvalue weighted by atomic mass is 10.1. The van der Waals surface area contributed by atoms with Crippen molar-refractivity contribution in [2.75, 3.05) is 14.2 Å². The summed E-state index contributed by atoms with van der Waals surface area (Å²) in [6.07, 6.45) is 2.38. The number of oxazole rings is 1. The third-order valence-corrected chi connectivity index (χ3v) is 5.50. The van der Waals surface area contributed by atoms with Gasteiger partial charge in [-0.1, -0.05) is 43.3 Å². The molecule has 0 aliphatic carbocycles. The van der Waals surface area contributed by atoms with E-state index in [0.717, 1.165) is 29.0 Å². The Kier molecular flexibility index (Phi) is 8.27. The van der Waals surface area contributed by atoms with Crippen molar-refractivity contribution in [1.29, 1.82) is 0 Å². The molecule has 1 atom stereocenters. The molecule has 3 aromatic rings. The SMILES string of the molecule is CC[C@@H](C)N(Cc1nc(C(=O)NCc2ccccc2)co1)Cc1ccc(OC)cc1OC. The number of nitrogens with zero attached hydrogens (tertiary/aromatic N) is 2. The number of ether oxygens (including phenoxy) is 2. The predicted octanol–water partition coefficient (Wildman–Crippen LogP) is 4.42. The molecule has 0 aliphatic heterocycles. The lowest BCUT2D eigenvalue weighted by Crippen LogP contribution is -2.32. The van der Waals surface area contributed by atoms with Crippen LogP contribution in [0.25, 0.3) is 0 Å². The van der Waals surface area contributed by atoms with Gasteiger partial charge in [0.1, 0.15) is 17.8 Å². The van der Waals surface area contributed by atoms with E-state index in [1.807, 2.05) is 48.5 Å². The molecule has 3 rings (SSSR count). The van der Waals surface area contributed by atoms with Crippen LogP contribution in [0.3, 0.4) is 0 Å². The number of nitrogens with one attached hydrogen (secondary N) is 1. The Morgan fingerprint density at radius 1 is 1.12 bits per heavy atom. The number of carbonyl (C=O) groups excluding carboxylic acids is 1. The van der Waals surface area contributed by atoms with Crippen molar-refractivity contribution in [3.8, 4) is 11.5 Å². The Morgan fingerprint density at radius 3 is 2.59 bits per heavy atom. The van der Waals surface area contributed by atoms with Gasteiger partial charge in [-0.3, -0.25) is 9.69 Å². The lowest BCUT2D eigenvalue weighted by molar-refractivity contribution is 0.0945. The number of methoxy groups -OCH3 is 2. The number of hydrogen-bond acceptors (Lipinski definition) is 6. The minimum Gasteiger partial charge on any atom is -0.497 e. The molecule has 1 amide bonds. The Bertz CT molecular complexity index is 1000. The fourth-order valence-corrected chi connectivity index (χ4v) is 3.36. The van der Waals surface area contributed by atoms with Crippen molar-refractivity contribution in [2.45, 2.75) is 45.9 Å². The van der Waals surface area contributed by atoms with E-state index in [4.69, 9.17) is 13.9 Å². The maximum absolute atomic E-state index is 12.5. The molecule has 0 fully saturated rings. The average Bonchev–Trinajstić information content (AvgIpc) is 3.31. The van der Waals surface area contributed by atoms with Crippen molar-refractivity contribution < 1.29 is 18.7 Å². The van der Waals surface area contributed by atoms with Crippen LogP contribution in [0.15, 0.2) is 59.2 Å². The van der Waals surface area contributed by atoms with Crippen molar-refractivity contribution in [2.24, 2.45) is 0 Å². The van der Waals surface area contributed by atoms with Crippen LogP contribution in [0.2, 0.25) is 0 Å². The van der Waals surface area contributed by atoms with Crippen molar-refractivity contribution in [1.82, 2.24) is 15.2 Å². The van der Waals surface area contributed by atoms with Crippen molar-refractivity contribution >= 4 is 5.91 Å². The maximum atomic E-state index is 12.5. The van der Waals surface area contributed by atoms with Gasteiger partial charge in [0, 0.05) is 30.8 Å². The number of hydrogen-bond donors (Lipinski definition) is 1. The molecule has 0 saturated heterocycles. The molecule has 0 bridgehead atoms. The Balaban J connectivity index is 1.67. The summed E-state index contributed by atoms with van der Waals surface area (Å²) in [7, 11) is 3.29. The van der Waals surface area contributed by atoms with Crippen LogP contribution in [-0.4, -0.2) is 36.1 Å². The maximum Gasteiger partial charge on any atom is 0.273 e. The highest BCUT2D eigenvalue weighted by molar-refractivity contribution is 5.91. The fourth-order valence-electron chi connectivity index (χ4n) is 3.36. The first kappa shape index (κ1) is 23.3. The summed E-state index contributed by atoms with van der Waals surface area (Å²) in [4.78, 5) is 19.1. The van der Waals surface area contributed by atoms with Gasteiger partial charge < -0.3 is 19.2 Å². The molecule has 7 heteroatoms.